The number of methoxy groups -OCH3 is 2. The predicted octanol–water partition coefficient (Wildman–Crippen LogP) is 3.27. The number of piperazine rings is 1. The molecule has 1 fully saturated rings. The monoisotopic (exact) mass is 484 g/mol. The largest absolute Gasteiger partial charge is 0.493 e. The molecule has 1 heterocycles. The molecule has 0 spiro atoms. The van der Waals surface area contributed by atoms with Crippen molar-refractivity contribution in [1.29, 1.82) is 0 Å². The first-order chi connectivity index (χ1) is 15.6. The number of halogens is 3. The molecule has 0 radical (unpaired) electrons. The molecular weight excluding hydrogens is 461 g/mol. The van der Waals surface area contributed by atoms with Crippen molar-refractivity contribution in [3.8, 4) is 11.5 Å². The summed E-state index contributed by atoms with van der Waals surface area (Å²) < 4.78 is 75.4. The first kappa shape index (κ1) is 24.6. The molecule has 7 nitrogen and oxygen atoms in total. The fourth-order valence-corrected chi connectivity index (χ4v) is 4.77. The fourth-order valence-electron chi connectivity index (χ4n) is 3.33. The van der Waals surface area contributed by atoms with Crippen molar-refractivity contribution in [2.75, 3.05) is 40.4 Å². The van der Waals surface area contributed by atoms with E-state index in [2.05, 4.69) is 0 Å². The molecule has 11 heteroatoms. The van der Waals surface area contributed by atoms with Crippen molar-refractivity contribution in [3.05, 3.63) is 59.7 Å². The minimum Gasteiger partial charge on any atom is -0.493 e. The number of alkyl halides is 3. The zero-order chi connectivity index (χ0) is 24.2. The molecule has 0 atom stereocenters. The number of hydrogen-bond acceptors (Lipinski definition) is 5. The number of benzene rings is 2. The Hall–Kier alpha value is -3.05. The van der Waals surface area contributed by atoms with E-state index in [1.54, 1.807) is 0 Å². The Bertz CT molecular complexity index is 1120. The van der Waals surface area contributed by atoms with Gasteiger partial charge in [-0.25, -0.2) is 8.42 Å². The fraction of sp³-hybridized carbons (Fsp3) is 0.318. The molecule has 0 aliphatic carbocycles. The summed E-state index contributed by atoms with van der Waals surface area (Å²) in [4.78, 5) is 14.0. The molecule has 0 aromatic heterocycles. The number of nitrogens with zero attached hydrogens (tertiary/aromatic N) is 2. The Labute approximate surface area is 190 Å². The smallest absolute Gasteiger partial charge is 0.416 e. The Kier molecular flexibility index (Phi) is 7.33. The summed E-state index contributed by atoms with van der Waals surface area (Å²) in [5.74, 6) is 0.352. The zero-order valence-corrected chi connectivity index (χ0v) is 18.8. The predicted molar refractivity (Wildman–Crippen MR) is 115 cm³/mol. The molecule has 3 rings (SSSR count). The van der Waals surface area contributed by atoms with Crippen LogP contribution in [0, 0.1) is 0 Å². The molecule has 2 aromatic rings. The summed E-state index contributed by atoms with van der Waals surface area (Å²) in [6.45, 7) is 0.582. The molecule has 2 aromatic carbocycles. The zero-order valence-electron chi connectivity index (χ0n) is 18.0. The van der Waals surface area contributed by atoms with Crippen LogP contribution in [-0.4, -0.2) is 63.9 Å². The van der Waals surface area contributed by atoms with Gasteiger partial charge in [-0.05, 0) is 35.9 Å². The summed E-state index contributed by atoms with van der Waals surface area (Å²) in [5.41, 5.74) is -0.316. The maximum absolute atomic E-state index is 13.0. The Morgan fingerprint density at radius 2 is 1.55 bits per heavy atom. The van der Waals surface area contributed by atoms with Gasteiger partial charge in [-0.3, -0.25) is 4.79 Å². The summed E-state index contributed by atoms with van der Waals surface area (Å²) in [7, 11) is -0.924. The van der Waals surface area contributed by atoms with Crippen molar-refractivity contribution in [2.45, 2.75) is 11.1 Å². The van der Waals surface area contributed by atoms with E-state index >= 15 is 0 Å². The van der Waals surface area contributed by atoms with Crippen molar-refractivity contribution in [2.24, 2.45) is 0 Å². The molecule has 0 bridgehead atoms. The van der Waals surface area contributed by atoms with E-state index < -0.39 is 21.8 Å². The lowest BCUT2D eigenvalue weighted by atomic mass is 10.1. The van der Waals surface area contributed by atoms with E-state index in [4.69, 9.17) is 9.47 Å². The Morgan fingerprint density at radius 1 is 0.939 bits per heavy atom. The number of ether oxygens (including phenoxy) is 2. The van der Waals surface area contributed by atoms with Crippen LogP contribution in [0.1, 0.15) is 11.1 Å². The molecule has 1 aliphatic heterocycles. The van der Waals surface area contributed by atoms with Crippen LogP contribution in [0.3, 0.4) is 0 Å². The molecular formula is C22H23F3N2O5S. The van der Waals surface area contributed by atoms with Gasteiger partial charge >= 0.3 is 6.18 Å². The lowest BCUT2D eigenvalue weighted by Crippen LogP contribution is -2.50. The Balaban J connectivity index is 1.62. The third kappa shape index (κ3) is 5.66. The standard InChI is InChI=1S/C22H23F3N2O5S/c1-31-19-9-8-18(15-20(19)32-2)33(29,30)27-13-11-26(12-14-27)21(28)10-5-16-3-6-17(7-4-16)22(23,24)25/h3-10,15H,11-14H2,1-2H3. The van der Waals surface area contributed by atoms with Crippen LogP contribution >= 0.6 is 0 Å². The van der Waals surface area contributed by atoms with Crippen molar-refractivity contribution in [3.63, 3.8) is 0 Å². The molecule has 0 N–H and O–H groups in total. The minimum absolute atomic E-state index is 0.0575. The molecule has 0 saturated carbocycles. The molecule has 1 aliphatic rings. The molecule has 1 amide bonds. The number of hydrogen-bond donors (Lipinski definition) is 0. The first-order valence-corrected chi connectivity index (χ1v) is 11.4. The molecule has 33 heavy (non-hydrogen) atoms. The highest BCUT2D eigenvalue weighted by atomic mass is 32.2. The van der Waals surface area contributed by atoms with Crippen LogP contribution in [0.25, 0.3) is 6.08 Å². The van der Waals surface area contributed by atoms with E-state index in [9.17, 15) is 26.4 Å². The van der Waals surface area contributed by atoms with Crippen LogP contribution in [0.2, 0.25) is 0 Å². The number of carbonyl (C=O) groups excluding carboxylic acids is 1. The second kappa shape index (κ2) is 9.84. The lowest BCUT2D eigenvalue weighted by Gasteiger charge is -2.33. The first-order valence-electron chi connectivity index (χ1n) is 9.92. The average Bonchev–Trinajstić information content (AvgIpc) is 2.81. The van der Waals surface area contributed by atoms with Gasteiger partial charge in [0.05, 0.1) is 24.7 Å². The normalized spacial score (nSPS) is 15.6. The average molecular weight is 484 g/mol. The van der Waals surface area contributed by atoms with Crippen molar-refractivity contribution >= 4 is 22.0 Å². The van der Waals surface area contributed by atoms with Crippen LogP contribution in [-0.2, 0) is 21.0 Å². The van der Waals surface area contributed by atoms with Crippen LogP contribution in [0.4, 0.5) is 13.2 Å². The van der Waals surface area contributed by atoms with E-state index in [1.807, 2.05) is 0 Å². The van der Waals surface area contributed by atoms with Gasteiger partial charge in [0.25, 0.3) is 0 Å². The van der Waals surface area contributed by atoms with Gasteiger partial charge in [-0.15, -0.1) is 0 Å². The second-order valence-electron chi connectivity index (χ2n) is 7.20. The molecule has 178 valence electrons. The Morgan fingerprint density at radius 3 is 2.09 bits per heavy atom. The summed E-state index contributed by atoms with van der Waals surface area (Å²) in [5, 5.41) is 0. The van der Waals surface area contributed by atoms with E-state index in [0.29, 0.717) is 17.1 Å². The third-order valence-electron chi connectivity index (χ3n) is 5.20. The van der Waals surface area contributed by atoms with Crippen LogP contribution < -0.4 is 9.47 Å². The van der Waals surface area contributed by atoms with Gasteiger partial charge in [0, 0.05) is 38.3 Å². The SMILES string of the molecule is COc1ccc(S(=O)(=O)N2CCN(C(=O)C=Cc3ccc(C(F)(F)F)cc3)CC2)cc1OC. The highest BCUT2D eigenvalue weighted by molar-refractivity contribution is 7.89. The minimum atomic E-state index is -4.42. The van der Waals surface area contributed by atoms with Gasteiger partial charge in [-0.1, -0.05) is 12.1 Å². The maximum atomic E-state index is 13.0. The third-order valence-corrected chi connectivity index (χ3v) is 7.09. The lowest BCUT2D eigenvalue weighted by molar-refractivity contribution is -0.137. The van der Waals surface area contributed by atoms with Gasteiger partial charge in [0.2, 0.25) is 15.9 Å². The van der Waals surface area contributed by atoms with Gasteiger partial charge in [0.15, 0.2) is 11.5 Å². The summed E-state index contributed by atoms with van der Waals surface area (Å²) in [6.07, 6.45) is -1.73. The van der Waals surface area contributed by atoms with E-state index in [0.717, 1.165) is 12.1 Å². The highest BCUT2D eigenvalue weighted by Crippen LogP contribution is 2.31. The van der Waals surface area contributed by atoms with Gasteiger partial charge < -0.3 is 14.4 Å². The topological polar surface area (TPSA) is 76.2 Å². The number of carbonyl (C=O) groups is 1. The van der Waals surface area contributed by atoms with Crippen molar-refractivity contribution in [1.82, 2.24) is 9.21 Å². The number of sulfonamides is 1. The molecule has 1 saturated heterocycles. The molecule has 0 unspecified atom stereocenters. The van der Waals surface area contributed by atoms with Gasteiger partial charge in [-0.2, -0.15) is 17.5 Å². The van der Waals surface area contributed by atoms with E-state index in [-0.39, 0.29) is 37.0 Å². The van der Waals surface area contributed by atoms with Crippen LogP contribution in [0.5, 0.6) is 11.5 Å². The summed E-state index contributed by atoms with van der Waals surface area (Å²) in [6, 6.07) is 8.78. The maximum Gasteiger partial charge on any atom is 0.416 e. The summed E-state index contributed by atoms with van der Waals surface area (Å²) >= 11 is 0. The quantitative estimate of drug-likeness (QED) is 0.589. The second-order valence-corrected chi connectivity index (χ2v) is 9.14. The van der Waals surface area contributed by atoms with Gasteiger partial charge in [0.1, 0.15) is 0 Å². The van der Waals surface area contributed by atoms with E-state index in [1.165, 1.54) is 65.9 Å². The van der Waals surface area contributed by atoms with Crippen molar-refractivity contribution < 1.29 is 35.9 Å². The number of amides is 1. The number of rotatable bonds is 6. The van der Waals surface area contributed by atoms with Crippen LogP contribution in [0.15, 0.2) is 53.4 Å². The highest BCUT2D eigenvalue weighted by Gasteiger charge is 2.31.